The summed E-state index contributed by atoms with van der Waals surface area (Å²) in [6.07, 6.45) is 1.56. The lowest BCUT2D eigenvalue weighted by Crippen LogP contribution is -2.08. The summed E-state index contributed by atoms with van der Waals surface area (Å²) in [6, 6.07) is 13.9. The van der Waals surface area contributed by atoms with Gasteiger partial charge in [-0.05, 0) is 60.2 Å². The van der Waals surface area contributed by atoms with Crippen molar-refractivity contribution in [1.29, 1.82) is 0 Å². The third-order valence-electron chi connectivity index (χ3n) is 3.92. The van der Waals surface area contributed by atoms with E-state index in [0.717, 1.165) is 22.5 Å². The monoisotopic (exact) mass is 339 g/mol. The van der Waals surface area contributed by atoms with Gasteiger partial charge in [0, 0.05) is 17.3 Å². The lowest BCUT2D eigenvalue weighted by molar-refractivity contribution is 0.267. The molecule has 0 spiro atoms. The zero-order valence-corrected chi connectivity index (χ0v) is 14.3. The van der Waals surface area contributed by atoms with Crippen LogP contribution in [-0.4, -0.2) is 31.9 Å². The highest BCUT2D eigenvalue weighted by Gasteiger charge is 2.09. The Kier molecular flexibility index (Phi) is 5.25. The number of tetrazole rings is 1. The lowest BCUT2D eigenvalue weighted by Gasteiger charge is -2.18. The molecule has 0 aliphatic rings. The number of rotatable bonds is 7. The van der Waals surface area contributed by atoms with Gasteiger partial charge in [0.05, 0.1) is 18.9 Å². The smallest absolute Gasteiger partial charge is 0.143 e. The summed E-state index contributed by atoms with van der Waals surface area (Å²) >= 11 is 0. The van der Waals surface area contributed by atoms with E-state index < -0.39 is 0 Å². The van der Waals surface area contributed by atoms with Gasteiger partial charge in [-0.25, -0.2) is 4.68 Å². The maximum absolute atomic E-state index is 9.52. The van der Waals surface area contributed by atoms with E-state index in [1.165, 1.54) is 0 Å². The topological polar surface area (TPSA) is 85.1 Å². The van der Waals surface area contributed by atoms with E-state index in [2.05, 4.69) is 27.8 Å². The molecule has 3 aromatic rings. The van der Waals surface area contributed by atoms with Gasteiger partial charge in [0.1, 0.15) is 12.1 Å². The van der Waals surface area contributed by atoms with Gasteiger partial charge in [-0.15, -0.1) is 5.10 Å². The largest absolute Gasteiger partial charge is 0.494 e. The van der Waals surface area contributed by atoms with Crippen molar-refractivity contribution in [2.45, 2.75) is 26.5 Å². The van der Waals surface area contributed by atoms with Gasteiger partial charge in [0.2, 0.25) is 0 Å². The molecule has 2 N–H and O–H groups in total. The van der Waals surface area contributed by atoms with Gasteiger partial charge >= 0.3 is 0 Å². The molecule has 1 unspecified atom stereocenters. The van der Waals surface area contributed by atoms with Gasteiger partial charge in [0.25, 0.3) is 0 Å². The first-order valence-electron chi connectivity index (χ1n) is 8.17. The van der Waals surface area contributed by atoms with E-state index in [1.54, 1.807) is 11.0 Å². The van der Waals surface area contributed by atoms with Crippen LogP contribution < -0.4 is 10.1 Å². The highest BCUT2D eigenvalue weighted by Crippen LogP contribution is 2.26. The van der Waals surface area contributed by atoms with Crippen molar-refractivity contribution in [3.8, 4) is 11.4 Å². The van der Waals surface area contributed by atoms with Crippen molar-refractivity contribution in [2.24, 2.45) is 0 Å². The van der Waals surface area contributed by atoms with Crippen LogP contribution in [0.3, 0.4) is 0 Å². The Morgan fingerprint density at radius 2 is 2.00 bits per heavy atom. The quantitative estimate of drug-likeness (QED) is 0.688. The Morgan fingerprint density at radius 1 is 1.20 bits per heavy atom. The molecule has 1 heterocycles. The van der Waals surface area contributed by atoms with E-state index in [0.29, 0.717) is 12.4 Å². The number of benzene rings is 2. The van der Waals surface area contributed by atoms with E-state index in [1.807, 2.05) is 49.4 Å². The van der Waals surface area contributed by atoms with Gasteiger partial charge in [-0.2, -0.15) is 0 Å². The molecule has 0 saturated carbocycles. The minimum absolute atomic E-state index is 0.0557. The maximum atomic E-state index is 9.52. The fourth-order valence-corrected chi connectivity index (χ4v) is 2.62. The third-order valence-corrected chi connectivity index (χ3v) is 3.92. The number of hydrogen-bond donors (Lipinski definition) is 2. The second kappa shape index (κ2) is 7.76. The Bertz CT molecular complexity index is 803. The first-order chi connectivity index (χ1) is 12.2. The van der Waals surface area contributed by atoms with Gasteiger partial charge in [0.15, 0.2) is 0 Å². The first kappa shape index (κ1) is 16.9. The molecule has 0 saturated heterocycles. The highest BCUT2D eigenvalue weighted by molar-refractivity contribution is 5.52. The van der Waals surface area contributed by atoms with Crippen LogP contribution in [0, 0.1) is 0 Å². The number of hydrogen-bond acceptors (Lipinski definition) is 6. The first-order valence-corrected chi connectivity index (χ1v) is 8.17. The van der Waals surface area contributed by atoms with Gasteiger partial charge in [-0.3, -0.25) is 0 Å². The Balaban J connectivity index is 1.72. The molecule has 1 aromatic heterocycles. The molecule has 130 valence electrons. The lowest BCUT2D eigenvalue weighted by atomic mass is 10.1. The number of nitrogens with zero attached hydrogens (tertiary/aromatic N) is 4. The molecule has 0 bridgehead atoms. The number of ether oxygens (including phenoxy) is 1. The third kappa shape index (κ3) is 3.95. The van der Waals surface area contributed by atoms with E-state index in [9.17, 15) is 5.11 Å². The van der Waals surface area contributed by atoms with Crippen molar-refractivity contribution >= 4 is 5.69 Å². The number of aromatic nitrogens is 4. The highest BCUT2D eigenvalue weighted by atomic mass is 16.5. The van der Waals surface area contributed by atoms with Crippen molar-refractivity contribution in [1.82, 2.24) is 20.2 Å². The SMILES string of the molecule is CCOc1ccc(NC(C)c2ccc(-n3cnnn3)cc2)cc1CO. The van der Waals surface area contributed by atoms with Crippen LogP contribution in [0.4, 0.5) is 5.69 Å². The molecule has 1 atom stereocenters. The molecule has 7 nitrogen and oxygen atoms in total. The van der Waals surface area contributed by atoms with Crippen LogP contribution in [0.15, 0.2) is 48.8 Å². The van der Waals surface area contributed by atoms with Gasteiger partial charge < -0.3 is 15.2 Å². The molecule has 0 fully saturated rings. The summed E-state index contributed by atoms with van der Waals surface area (Å²) in [5, 5.41) is 24.1. The summed E-state index contributed by atoms with van der Waals surface area (Å²) in [5.41, 5.74) is 3.75. The average Bonchev–Trinajstić information content (AvgIpc) is 3.18. The fraction of sp³-hybridized carbons (Fsp3) is 0.278. The van der Waals surface area contributed by atoms with Crippen LogP contribution in [0.2, 0.25) is 0 Å². The summed E-state index contributed by atoms with van der Waals surface area (Å²) in [7, 11) is 0. The zero-order valence-electron chi connectivity index (χ0n) is 14.3. The molecule has 3 rings (SSSR count). The van der Waals surface area contributed by atoms with Crippen LogP contribution in [0.25, 0.3) is 5.69 Å². The van der Waals surface area contributed by atoms with Crippen molar-refractivity contribution in [2.75, 3.05) is 11.9 Å². The summed E-state index contributed by atoms with van der Waals surface area (Å²) < 4.78 is 7.13. The summed E-state index contributed by atoms with van der Waals surface area (Å²) in [4.78, 5) is 0. The molecule has 7 heteroatoms. The van der Waals surface area contributed by atoms with E-state index in [4.69, 9.17) is 4.74 Å². The molecule has 0 aliphatic heterocycles. The number of aliphatic hydroxyl groups is 1. The number of aliphatic hydroxyl groups excluding tert-OH is 1. The molecule has 0 amide bonds. The summed E-state index contributed by atoms with van der Waals surface area (Å²) in [5.74, 6) is 0.717. The molecule has 0 radical (unpaired) electrons. The van der Waals surface area contributed by atoms with E-state index in [-0.39, 0.29) is 12.6 Å². The van der Waals surface area contributed by atoms with Gasteiger partial charge in [-0.1, -0.05) is 12.1 Å². The average molecular weight is 339 g/mol. The molecule has 0 aliphatic carbocycles. The summed E-state index contributed by atoms with van der Waals surface area (Å²) in [6.45, 7) is 4.53. The van der Waals surface area contributed by atoms with E-state index >= 15 is 0 Å². The minimum atomic E-state index is -0.0557. The zero-order chi connectivity index (χ0) is 17.6. The molecule has 2 aromatic carbocycles. The molecular formula is C18H21N5O2. The van der Waals surface area contributed by atoms with Crippen LogP contribution >= 0.6 is 0 Å². The van der Waals surface area contributed by atoms with Crippen molar-refractivity contribution < 1.29 is 9.84 Å². The second-order valence-corrected chi connectivity index (χ2v) is 5.63. The van der Waals surface area contributed by atoms with Crippen molar-refractivity contribution in [3.05, 3.63) is 59.9 Å². The predicted octanol–water partition coefficient (Wildman–Crippen LogP) is 2.73. The fourth-order valence-electron chi connectivity index (χ4n) is 2.62. The Hall–Kier alpha value is -2.93. The number of nitrogens with one attached hydrogen (secondary N) is 1. The van der Waals surface area contributed by atoms with Crippen LogP contribution in [0.1, 0.15) is 31.0 Å². The predicted molar refractivity (Wildman–Crippen MR) is 94.7 cm³/mol. The van der Waals surface area contributed by atoms with Crippen LogP contribution in [0.5, 0.6) is 5.75 Å². The maximum Gasteiger partial charge on any atom is 0.143 e. The minimum Gasteiger partial charge on any atom is -0.494 e. The number of anilines is 1. The molecular weight excluding hydrogens is 318 g/mol. The Labute approximate surface area is 146 Å². The van der Waals surface area contributed by atoms with Crippen molar-refractivity contribution in [3.63, 3.8) is 0 Å². The normalized spacial score (nSPS) is 12.0. The second-order valence-electron chi connectivity index (χ2n) is 5.63. The standard InChI is InChI=1S/C18H21N5O2/c1-3-25-18-9-6-16(10-15(18)11-24)20-13(2)14-4-7-17(8-5-14)23-12-19-21-22-23/h4-10,12-13,20,24H,3,11H2,1-2H3. The Morgan fingerprint density at radius 3 is 2.64 bits per heavy atom. The van der Waals surface area contributed by atoms with Crippen LogP contribution in [-0.2, 0) is 6.61 Å². The molecule has 25 heavy (non-hydrogen) atoms.